The summed E-state index contributed by atoms with van der Waals surface area (Å²) in [5.41, 5.74) is 1.27. The normalized spacial score (nSPS) is 20.8. The van der Waals surface area contributed by atoms with Crippen LogP contribution >= 0.6 is 0 Å². The van der Waals surface area contributed by atoms with Gasteiger partial charge in [-0.25, -0.2) is 0 Å². The molecule has 2 heteroatoms. The Morgan fingerprint density at radius 3 is 2.76 bits per heavy atom. The highest BCUT2D eigenvalue weighted by Crippen LogP contribution is 2.37. The van der Waals surface area contributed by atoms with Gasteiger partial charge in [-0.05, 0) is 24.3 Å². The van der Waals surface area contributed by atoms with Crippen LogP contribution in [0.2, 0.25) is 0 Å². The zero-order valence-corrected chi connectivity index (χ0v) is 10.9. The molecule has 2 atom stereocenters. The van der Waals surface area contributed by atoms with E-state index in [2.05, 4.69) is 32.9 Å². The molecule has 94 valence electrons. The zero-order chi connectivity index (χ0) is 12.5. The Hall–Kier alpha value is -1.02. The summed E-state index contributed by atoms with van der Waals surface area (Å²) >= 11 is 0. The molecule has 2 nitrogen and oxygen atoms in total. The number of hydrogen-bond acceptors (Lipinski definition) is 2. The van der Waals surface area contributed by atoms with Crippen molar-refractivity contribution in [2.75, 3.05) is 6.61 Å². The van der Waals surface area contributed by atoms with E-state index in [-0.39, 0.29) is 11.5 Å². The highest BCUT2D eigenvalue weighted by Gasteiger charge is 2.27. The maximum Gasteiger partial charge on any atom is 0.122 e. The molecule has 1 N–H and O–H groups in total. The predicted octanol–water partition coefficient (Wildman–Crippen LogP) is 3.35. The third-order valence-electron chi connectivity index (χ3n) is 3.59. The molecule has 1 aliphatic rings. The third kappa shape index (κ3) is 2.81. The first kappa shape index (κ1) is 12.4. The Kier molecular flexibility index (Phi) is 3.43. The van der Waals surface area contributed by atoms with Gasteiger partial charge in [0, 0.05) is 11.5 Å². The van der Waals surface area contributed by atoms with Crippen molar-refractivity contribution in [1.29, 1.82) is 0 Å². The quantitative estimate of drug-likeness (QED) is 0.869. The molecule has 0 aromatic heterocycles. The molecule has 1 aromatic rings. The standard InChI is InChI=1S/C15H22O2/c1-15(2,3)14(16)9-8-11-10-17-13-7-5-4-6-12(11)13/h4-7,11,14,16H,8-10H2,1-3H3. The van der Waals surface area contributed by atoms with Gasteiger partial charge in [-0.1, -0.05) is 39.0 Å². The van der Waals surface area contributed by atoms with Gasteiger partial charge in [0.05, 0.1) is 12.7 Å². The zero-order valence-electron chi connectivity index (χ0n) is 10.9. The summed E-state index contributed by atoms with van der Waals surface area (Å²) in [4.78, 5) is 0. The molecule has 1 aliphatic heterocycles. The molecule has 2 unspecified atom stereocenters. The topological polar surface area (TPSA) is 29.5 Å². The minimum absolute atomic E-state index is 0.0288. The Bertz CT molecular complexity index is 379. The van der Waals surface area contributed by atoms with E-state index in [0.29, 0.717) is 5.92 Å². The van der Waals surface area contributed by atoms with Gasteiger partial charge in [-0.2, -0.15) is 0 Å². The van der Waals surface area contributed by atoms with Crippen molar-refractivity contribution in [1.82, 2.24) is 0 Å². The molecular formula is C15H22O2. The lowest BCUT2D eigenvalue weighted by Gasteiger charge is -2.26. The van der Waals surface area contributed by atoms with Gasteiger partial charge in [0.1, 0.15) is 5.75 Å². The summed E-state index contributed by atoms with van der Waals surface area (Å²) in [5.74, 6) is 1.46. The van der Waals surface area contributed by atoms with Gasteiger partial charge in [-0.3, -0.25) is 0 Å². The number of aliphatic hydroxyl groups excluding tert-OH is 1. The van der Waals surface area contributed by atoms with Gasteiger partial charge in [0.15, 0.2) is 0 Å². The van der Waals surface area contributed by atoms with E-state index in [1.54, 1.807) is 0 Å². The van der Waals surface area contributed by atoms with Gasteiger partial charge in [-0.15, -0.1) is 0 Å². The molecule has 0 spiro atoms. The van der Waals surface area contributed by atoms with Crippen LogP contribution in [-0.2, 0) is 0 Å². The Balaban J connectivity index is 1.94. The van der Waals surface area contributed by atoms with E-state index >= 15 is 0 Å². The van der Waals surface area contributed by atoms with E-state index in [0.717, 1.165) is 25.2 Å². The fraction of sp³-hybridized carbons (Fsp3) is 0.600. The lowest BCUT2D eigenvalue weighted by molar-refractivity contribution is 0.0517. The van der Waals surface area contributed by atoms with Gasteiger partial charge in [0.2, 0.25) is 0 Å². The van der Waals surface area contributed by atoms with Crippen LogP contribution in [0.1, 0.15) is 45.1 Å². The number of hydrogen-bond donors (Lipinski definition) is 1. The summed E-state index contributed by atoms with van der Waals surface area (Å²) in [6.45, 7) is 7.00. The van der Waals surface area contributed by atoms with Gasteiger partial charge >= 0.3 is 0 Å². The van der Waals surface area contributed by atoms with E-state index in [1.165, 1.54) is 5.56 Å². The van der Waals surface area contributed by atoms with E-state index in [1.807, 2.05) is 12.1 Å². The molecule has 0 amide bonds. The highest BCUT2D eigenvalue weighted by atomic mass is 16.5. The van der Waals surface area contributed by atoms with Crippen LogP contribution < -0.4 is 4.74 Å². The van der Waals surface area contributed by atoms with Crippen LogP contribution in [0, 0.1) is 5.41 Å². The van der Waals surface area contributed by atoms with Crippen LogP contribution in [-0.4, -0.2) is 17.8 Å². The van der Waals surface area contributed by atoms with Crippen LogP contribution in [0.5, 0.6) is 5.75 Å². The number of ether oxygens (including phenoxy) is 1. The lowest BCUT2D eigenvalue weighted by Crippen LogP contribution is -2.26. The molecule has 0 saturated heterocycles. The Morgan fingerprint density at radius 1 is 1.35 bits per heavy atom. The van der Waals surface area contributed by atoms with E-state index in [9.17, 15) is 5.11 Å². The first-order chi connectivity index (χ1) is 7.98. The summed E-state index contributed by atoms with van der Waals surface area (Å²) in [6, 6.07) is 8.22. The number of benzene rings is 1. The first-order valence-corrected chi connectivity index (χ1v) is 6.38. The second-order valence-electron chi connectivity index (χ2n) is 6.00. The average molecular weight is 234 g/mol. The molecule has 0 aliphatic carbocycles. The Labute approximate surface area is 104 Å². The summed E-state index contributed by atoms with van der Waals surface area (Å²) < 4.78 is 5.65. The molecule has 0 bridgehead atoms. The molecule has 1 heterocycles. The second kappa shape index (κ2) is 4.69. The van der Waals surface area contributed by atoms with Gasteiger partial charge in [0.25, 0.3) is 0 Å². The molecule has 17 heavy (non-hydrogen) atoms. The second-order valence-corrected chi connectivity index (χ2v) is 6.00. The fourth-order valence-electron chi connectivity index (χ4n) is 2.26. The molecule has 0 radical (unpaired) electrons. The van der Waals surface area contributed by atoms with Crippen LogP contribution in [0.3, 0.4) is 0 Å². The van der Waals surface area contributed by atoms with Crippen LogP contribution in [0.25, 0.3) is 0 Å². The summed E-state index contributed by atoms with van der Waals surface area (Å²) in [5, 5.41) is 10.1. The average Bonchev–Trinajstić information content (AvgIpc) is 2.68. The maximum absolute atomic E-state index is 10.1. The number of rotatable bonds is 3. The van der Waals surface area contributed by atoms with Crippen molar-refractivity contribution < 1.29 is 9.84 Å². The minimum Gasteiger partial charge on any atom is -0.493 e. The fourth-order valence-corrected chi connectivity index (χ4v) is 2.26. The largest absolute Gasteiger partial charge is 0.493 e. The number of fused-ring (bicyclic) bond motifs is 1. The molecular weight excluding hydrogens is 212 g/mol. The summed E-state index contributed by atoms with van der Waals surface area (Å²) in [6.07, 6.45) is 1.59. The maximum atomic E-state index is 10.1. The highest BCUT2D eigenvalue weighted by molar-refractivity contribution is 5.39. The van der Waals surface area contributed by atoms with Crippen molar-refractivity contribution in [2.24, 2.45) is 5.41 Å². The number of para-hydroxylation sites is 1. The Morgan fingerprint density at radius 2 is 2.06 bits per heavy atom. The minimum atomic E-state index is -0.240. The van der Waals surface area contributed by atoms with Crippen molar-refractivity contribution in [2.45, 2.75) is 45.6 Å². The van der Waals surface area contributed by atoms with Crippen LogP contribution in [0.4, 0.5) is 0 Å². The van der Waals surface area contributed by atoms with Crippen LogP contribution in [0.15, 0.2) is 24.3 Å². The van der Waals surface area contributed by atoms with Gasteiger partial charge < -0.3 is 9.84 Å². The smallest absolute Gasteiger partial charge is 0.122 e. The molecule has 0 fully saturated rings. The van der Waals surface area contributed by atoms with Crippen molar-refractivity contribution in [3.05, 3.63) is 29.8 Å². The number of aliphatic hydroxyl groups is 1. The SMILES string of the molecule is CC(C)(C)C(O)CCC1COc2ccccc21. The molecule has 1 aromatic carbocycles. The van der Waals surface area contributed by atoms with Crippen molar-refractivity contribution in [3.8, 4) is 5.75 Å². The lowest BCUT2D eigenvalue weighted by atomic mass is 9.84. The monoisotopic (exact) mass is 234 g/mol. The van der Waals surface area contributed by atoms with E-state index < -0.39 is 0 Å². The molecule has 2 rings (SSSR count). The van der Waals surface area contributed by atoms with E-state index in [4.69, 9.17) is 4.74 Å². The molecule has 0 saturated carbocycles. The van der Waals surface area contributed by atoms with Crippen molar-refractivity contribution >= 4 is 0 Å². The summed E-state index contributed by atoms with van der Waals surface area (Å²) in [7, 11) is 0. The predicted molar refractivity (Wildman–Crippen MR) is 69.4 cm³/mol. The van der Waals surface area contributed by atoms with Crippen molar-refractivity contribution in [3.63, 3.8) is 0 Å². The third-order valence-corrected chi connectivity index (χ3v) is 3.59. The first-order valence-electron chi connectivity index (χ1n) is 6.38.